The van der Waals surface area contributed by atoms with Crippen molar-refractivity contribution < 1.29 is 23.0 Å². The first-order valence-corrected chi connectivity index (χ1v) is 6.52. The highest BCUT2D eigenvalue weighted by molar-refractivity contribution is 6.30. The third kappa shape index (κ3) is 3.20. The minimum Gasteiger partial charge on any atom is -0.395 e. The van der Waals surface area contributed by atoms with E-state index in [1.807, 2.05) is 0 Å². The van der Waals surface area contributed by atoms with Gasteiger partial charge in [0.05, 0.1) is 0 Å². The molecule has 2 aromatic rings. The predicted molar refractivity (Wildman–Crippen MR) is 76.7 cm³/mol. The number of hydrogen-bond donors (Lipinski definition) is 2. The normalized spacial score (nSPS) is 14.5. The first-order valence-electron chi connectivity index (χ1n) is 6.15. The SMILES string of the molecule is O=C(Nc1ccc(Cl)cc1)Nc1ccc2c(c1)OC(F)(F)O2. The summed E-state index contributed by atoms with van der Waals surface area (Å²) in [6.07, 6.45) is -3.69. The van der Waals surface area contributed by atoms with Crippen LogP contribution in [0.1, 0.15) is 0 Å². The van der Waals surface area contributed by atoms with Crippen LogP contribution in [0.5, 0.6) is 11.5 Å². The van der Waals surface area contributed by atoms with Gasteiger partial charge in [0.25, 0.3) is 0 Å². The van der Waals surface area contributed by atoms with Crippen LogP contribution in [-0.2, 0) is 0 Å². The van der Waals surface area contributed by atoms with Crippen LogP contribution in [0, 0.1) is 0 Å². The highest BCUT2D eigenvalue weighted by Gasteiger charge is 2.43. The molecule has 0 atom stereocenters. The van der Waals surface area contributed by atoms with Crippen molar-refractivity contribution in [2.24, 2.45) is 0 Å². The molecule has 3 rings (SSSR count). The monoisotopic (exact) mass is 326 g/mol. The van der Waals surface area contributed by atoms with Crippen LogP contribution in [0.2, 0.25) is 5.02 Å². The zero-order chi connectivity index (χ0) is 15.7. The van der Waals surface area contributed by atoms with Gasteiger partial charge in [0, 0.05) is 22.5 Å². The lowest BCUT2D eigenvalue weighted by atomic mass is 10.3. The zero-order valence-electron chi connectivity index (χ0n) is 10.9. The van der Waals surface area contributed by atoms with Crippen LogP contribution in [0.25, 0.3) is 0 Å². The van der Waals surface area contributed by atoms with Gasteiger partial charge in [-0.2, -0.15) is 0 Å². The molecule has 1 heterocycles. The van der Waals surface area contributed by atoms with Crippen LogP contribution in [0.15, 0.2) is 42.5 Å². The molecule has 8 heteroatoms. The maximum absolute atomic E-state index is 12.9. The molecule has 0 aliphatic carbocycles. The van der Waals surface area contributed by atoms with Crippen LogP contribution in [0.3, 0.4) is 0 Å². The number of hydrogen-bond acceptors (Lipinski definition) is 3. The molecule has 0 saturated heterocycles. The molecule has 1 aliphatic heterocycles. The molecule has 1 aliphatic rings. The fraction of sp³-hybridized carbons (Fsp3) is 0.0714. The van der Waals surface area contributed by atoms with E-state index >= 15 is 0 Å². The number of carbonyl (C=O) groups is 1. The van der Waals surface area contributed by atoms with E-state index in [-0.39, 0.29) is 17.2 Å². The van der Waals surface area contributed by atoms with Gasteiger partial charge in [0.2, 0.25) is 0 Å². The number of nitrogens with one attached hydrogen (secondary N) is 2. The smallest absolute Gasteiger partial charge is 0.395 e. The molecular formula is C14H9ClF2N2O3. The Kier molecular flexibility index (Phi) is 3.50. The van der Waals surface area contributed by atoms with Crippen molar-refractivity contribution in [3.05, 3.63) is 47.5 Å². The largest absolute Gasteiger partial charge is 0.586 e. The maximum Gasteiger partial charge on any atom is 0.586 e. The molecular weight excluding hydrogens is 318 g/mol. The van der Waals surface area contributed by atoms with E-state index in [9.17, 15) is 13.6 Å². The van der Waals surface area contributed by atoms with Crippen LogP contribution in [-0.4, -0.2) is 12.3 Å². The number of anilines is 2. The lowest BCUT2D eigenvalue weighted by Crippen LogP contribution is -2.25. The summed E-state index contributed by atoms with van der Waals surface area (Å²) < 4.78 is 34.4. The summed E-state index contributed by atoms with van der Waals surface area (Å²) >= 11 is 5.74. The molecule has 0 radical (unpaired) electrons. The summed E-state index contributed by atoms with van der Waals surface area (Å²) in [5.41, 5.74) is 0.820. The van der Waals surface area contributed by atoms with Crippen molar-refractivity contribution in [3.63, 3.8) is 0 Å². The van der Waals surface area contributed by atoms with E-state index in [0.29, 0.717) is 10.7 Å². The quantitative estimate of drug-likeness (QED) is 0.864. The third-order valence-corrected chi connectivity index (χ3v) is 3.01. The number of carbonyl (C=O) groups excluding carboxylic acids is 1. The summed E-state index contributed by atoms with van der Waals surface area (Å²) in [6, 6.07) is 9.92. The highest BCUT2D eigenvalue weighted by atomic mass is 35.5. The Morgan fingerprint density at radius 2 is 1.55 bits per heavy atom. The van der Waals surface area contributed by atoms with Crippen molar-refractivity contribution in [1.29, 1.82) is 0 Å². The van der Waals surface area contributed by atoms with Gasteiger partial charge < -0.3 is 20.1 Å². The van der Waals surface area contributed by atoms with Crippen LogP contribution in [0.4, 0.5) is 25.0 Å². The second-order valence-electron chi connectivity index (χ2n) is 4.42. The third-order valence-electron chi connectivity index (χ3n) is 2.76. The number of alkyl halides is 2. The molecule has 0 fully saturated rings. The van der Waals surface area contributed by atoms with E-state index in [1.54, 1.807) is 24.3 Å². The molecule has 0 bridgehead atoms. The number of urea groups is 1. The van der Waals surface area contributed by atoms with Crippen molar-refractivity contribution >= 4 is 29.0 Å². The Bertz CT molecular complexity index is 723. The zero-order valence-corrected chi connectivity index (χ0v) is 11.7. The Balaban J connectivity index is 1.66. The molecule has 2 amide bonds. The summed E-state index contributed by atoms with van der Waals surface area (Å²) in [6.45, 7) is 0. The molecule has 2 aromatic carbocycles. The summed E-state index contributed by atoms with van der Waals surface area (Å²) in [7, 11) is 0. The number of fused-ring (bicyclic) bond motifs is 1. The van der Waals surface area contributed by atoms with Gasteiger partial charge >= 0.3 is 12.3 Å². The predicted octanol–water partition coefficient (Wildman–Crippen LogP) is 4.31. The second-order valence-corrected chi connectivity index (χ2v) is 4.85. The summed E-state index contributed by atoms with van der Waals surface area (Å²) in [4.78, 5) is 11.8. The van der Waals surface area contributed by atoms with Gasteiger partial charge in [-0.15, -0.1) is 8.78 Å². The van der Waals surface area contributed by atoms with Gasteiger partial charge in [-0.05, 0) is 36.4 Å². The average Bonchev–Trinajstić information content (AvgIpc) is 2.74. The first kappa shape index (κ1) is 14.4. The number of ether oxygens (including phenoxy) is 2. The highest BCUT2D eigenvalue weighted by Crippen LogP contribution is 2.42. The minimum absolute atomic E-state index is 0.0892. The van der Waals surface area contributed by atoms with Gasteiger partial charge in [-0.3, -0.25) is 0 Å². The molecule has 2 N–H and O–H groups in total. The molecule has 114 valence electrons. The van der Waals surface area contributed by atoms with Crippen molar-refractivity contribution in [2.75, 3.05) is 10.6 Å². The number of benzene rings is 2. The van der Waals surface area contributed by atoms with E-state index in [2.05, 4.69) is 20.1 Å². The Labute approximate surface area is 128 Å². The maximum atomic E-state index is 12.9. The summed E-state index contributed by atoms with van der Waals surface area (Å²) in [5.74, 6) is -0.233. The molecule has 0 unspecified atom stereocenters. The molecule has 5 nitrogen and oxygen atoms in total. The number of amides is 2. The Hall–Kier alpha value is -2.54. The average molecular weight is 327 g/mol. The Morgan fingerprint density at radius 1 is 0.955 bits per heavy atom. The van der Waals surface area contributed by atoms with Crippen molar-refractivity contribution in [1.82, 2.24) is 0 Å². The van der Waals surface area contributed by atoms with Gasteiger partial charge in [-0.25, -0.2) is 4.79 Å². The minimum atomic E-state index is -3.69. The van der Waals surface area contributed by atoms with Crippen LogP contribution >= 0.6 is 11.6 Å². The standard InChI is InChI=1S/C14H9ClF2N2O3/c15-8-1-3-9(4-2-8)18-13(20)19-10-5-6-11-12(7-10)22-14(16,17)21-11/h1-7H,(H2,18,19,20). The molecule has 22 heavy (non-hydrogen) atoms. The lowest BCUT2D eigenvalue weighted by Gasteiger charge is -2.08. The number of rotatable bonds is 2. The fourth-order valence-corrected chi connectivity index (χ4v) is 1.98. The van der Waals surface area contributed by atoms with E-state index in [1.165, 1.54) is 18.2 Å². The van der Waals surface area contributed by atoms with Crippen molar-refractivity contribution in [3.8, 4) is 11.5 Å². The Morgan fingerprint density at radius 3 is 2.27 bits per heavy atom. The van der Waals surface area contributed by atoms with Gasteiger partial charge in [0.15, 0.2) is 11.5 Å². The number of halogens is 3. The van der Waals surface area contributed by atoms with Gasteiger partial charge in [0.1, 0.15) is 0 Å². The lowest BCUT2D eigenvalue weighted by molar-refractivity contribution is -0.286. The second kappa shape index (κ2) is 5.34. The van der Waals surface area contributed by atoms with E-state index < -0.39 is 12.3 Å². The van der Waals surface area contributed by atoms with Crippen LogP contribution < -0.4 is 20.1 Å². The fourth-order valence-electron chi connectivity index (χ4n) is 1.85. The van der Waals surface area contributed by atoms with E-state index in [0.717, 1.165) is 0 Å². The molecule has 0 aromatic heterocycles. The molecule has 0 spiro atoms. The topological polar surface area (TPSA) is 59.6 Å². The molecule has 0 saturated carbocycles. The first-order chi connectivity index (χ1) is 10.4. The van der Waals surface area contributed by atoms with Gasteiger partial charge in [-0.1, -0.05) is 11.6 Å². The van der Waals surface area contributed by atoms with E-state index in [4.69, 9.17) is 11.6 Å². The summed E-state index contributed by atoms with van der Waals surface area (Å²) in [5, 5.41) is 5.62. The van der Waals surface area contributed by atoms with Crippen molar-refractivity contribution in [2.45, 2.75) is 6.29 Å².